The lowest BCUT2D eigenvalue weighted by atomic mass is 10.1. The minimum absolute atomic E-state index is 0.0685. The van der Waals surface area contributed by atoms with Crippen LogP contribution in [0.15, 0.2) is 0 Å². The van der Waals surface area contributed by atoms with Crippen LogP contribution in [0, 0.1) is 0 Å². The van der Waals surface area contributed by atoms with E-state index >= 15 is 0 Å². The van der Waals surface area contributed by atoms with Crippen molar-refractivity contribution in [2.75, 3.05) is 26.2 Å². The SMILES string of the molecule is CC1CN2CCCC2CN1CCC(=O)NN. The van der Waals surface area contributed by atoms with Gasteiger partial charge in [0.25, 0.3) is 0 Å². The van der Waals surface area contributed by atoms with E-state index in [1.807, 2.05) is 0 Å². The zero-order valence-electron chi connectivity index (χ0n) is 9.98. The van der Waals surface area contributed by atoms with Crippen molar-refractivity contribution in [3.8, 4) is 0 Å². The van der Waals surface area contributed by atoms with Crippen LogP contribution in [0.2, 0.25) is 0 Å². The average molecular weight is 226 g/mol. The lowest BCUT2D eigenvalue weighted by molar-refractivity contribution is -0.121. The van der Waals surface area contributed by atoms with Gasteiger partial charge >= 0.3 is 0 Å². The van der Waals surface area contributed by atoms with Crippen molar-refractivity contribution in [2.45, 2.75) is 38.3 Å². The van der Waals surface area contributed by atoms with Gasteiger partial charge in [0.1, 0.15) is 0 Å². The van der Waals surface area contributed by atoms with Gasteiger partial charge in [-0.2, -0.15) is 0 Å². The van der Waals surface area contributed by atoms with Crippen LogP contribution in [-0.4, -0.2) is 54.0 Å². The molecule has 2 aliphatic rings. The van der Waals surface area contributed by atoms with Crippen molar-refractivity contribution in [2.24, 2.45) is 5.84 Å². The maximum absolute atomic E-state index is 11.1. The Balaban J connectivity index is 1.82. The molecule has 16 heavy (non-hydrogen) atoms. The van der Waals surface area contributed by atoms with E-state index in [0.29, 0.717) is 12.5 Å². The highest BCUT2D eigenvalue weighted by Gasteiger charge is 2.33. The molecule has 2 rings (SSSR count). The fourth-order valence-electron chi connectivity index (χ4n) is 2.88. The fraction of sp³-hybridized carbons (Fsp3) is 0.909. The van der Waals surface area contributed by atoms with Gasteiger partial charge in [0.2, 0.25) is 5.91 Å². The van der Waals surface area contributed by atoms with E-state index in [-0.39, 0.29) is 5.91 Å². The molecule has 0 aromatic rings. The van der Waals surface area contributed by atoms with Crippen LogP contribution in [0.5, 0.6) is 0 Å². The maximum atomic E-state index is 11.1. The molecule has 1 amide bonds. The van der Waals surface area contributed by atoms with Crippen molar-refractivity contribution in [3.05, 3.63) is 0 Å². The molecule has 0 bridgehead atoms. The van der Waals surface area contributed by atoms with E-state index in [0.717, 1.165) is 25.7 Å². The molecule has 5 heteroatoms. The standard InChI is InChI=1S/C11H22N4O/c1-9-7-15-5-2-3-10(15)8-14(9)6-4-11(16)13-12/h9-10H,2-8,12H2,1H3,(H,13,16). The molecule has 2 atom stereocenters. The Morgan fingerprint density at radius 2 is 2.31 bits per heavy atom. The van der Waals surface area contributed by atoms with Crippen molar-refractivity contribution < 1.29 is 4.79 Å². The van der Waals surface area contributed by atoms with E-state index in [1.165, 1.54) is 19.4 Å². The van der Waals surface area contributed by atoms with E-state index in [2.05, 4.69) is 22.1 Å². The molecule has 0 radical (unpaired) electrons. The van der Waals surface area contributed by atoms with Crippen molar-refractivity contribution >= 4 is 5.91 Å². The molecular formula is C11H22N4O. The Kier molecular flexibility index (Phi) is 3.78. The van der Waals surface area contributed by atoms with Crippen LogP contribution in [-0.2, 0) is 4.79 Å². The topological polar surface area (TPSA) is 61.6 Å². The first-order valence-corrected chi connectivity index (χ1v) is 6.18. The second kappa shape index (κ2) is 5.12. The van der Waals surface area contributed by atoms with Gasteiger partial charge in [-0.05, 0) is 26.3 Å². The quantitative estimate of drug-likeness (QED) is 0.388. The Hall–Kier alpha value is -0.650. The first-order valence-electron chi connectivity index (χ1n) is 6.18. The molecular weight excluding hydrogens is 204 g/mol. The molecule has 5 nitrogen and oxygen atoms in total. The molecule has 2 saturated heterocycles. The molecule has 3 N–H and O–H groups in total. The van der Waals surface area contributed by atoms with Gasteiger partial charge in [0.15, 0.2) is 0 Å². The molecule has 2 unspecified atom stereocenters. The monoisotopic (exact) mass is 226 g/mol. The number of hydrogen-bond donors (Lipinski definition) is 2. The van der Waals surface area contributed by atoms with Crippen molar-refractivity contribution in [1.29, 1.82) is 0 Å². The van der Waals surface area contributed by atoms with Crippen LogP contribution < -0.4 is 11.3 Å². The zero-order chi connectivity index (χ0) is 11.5. The number of rotatable bonds is 3. The van der Waals surface area contributed by atoms with Crippen LogP contribution in [0.1, 0.15) is 26.2 Å². The van der Waals surface area contributed by atoms with Crippen LogP contribution in [0.25, 0.3) is 0 Å². The summed E-state index contributed by atoms with van der Waals surface area (Å²) >= 11 is 0. The third-order valence-corrected chi connectivity index (χ3v) is 3.85. The lowest BCUT2D eigenvalue weighted by Crippen LogP contribution is -2.55. The predicted octanol–water partition coefficient (Wildman–Crippen LogP) is -0.465. The number of carbonyl (C=O) groups excluding carboxylic acids is 1. The first-order chi connectivity index (χ1) is 7.70. The zero-order valence-corrected chi connectivity index (χ0v) is 9.98. The third kappa shape index (κ3) is 2.53. The molecule has 92 valence electrons. The Bertz CT molecular complexity index is 258. The maximum Gasteiger partial charge on any atom is 0.235 e. The molecule has 2 fully saturated rings. The molecule has 0 aromatic carbocycles. The Labute approximate surface area is 96.9 Å². The number of hydrogen-bond acceptors (Lipinski definition) is 4. The van der Waals surface area contributed by atoms with Crippen LogP contribution in [0.4, 0.5) is 0 Å². The van der Waals surface area contributed by atoms with Crippen LogP contribution >= 0.6 is 0 Å². The number of nitrogens with two attached hydrogens (primary N) is 1. The molecule has 0 aromatic heterocycles. The second-order valence-corrected chi connectivity index (χ2v) is 4.95. The Morgan fingerprint density at radius 1 is 1.50 bits per heavy atom. The summed E-state index contributed by atoms with van der Waals surface area (Å²) in [5.74, 6) is 5.01. The number of nitrogens with zero attached hydrogens (tertiary/aromatic N) is 2. The summed E-state index contributed by atoms with van der Waals surface area (Å²) in [4.78, 5) is 16.1. The van der Waals surface area contributed by atoms with Crippen LogP contribution in [0.3, 0.4) is 0 Å². The van der Waals surface area contributed by atoms with Gasteiger partial charge < -0.3 is 0 Å². The predicted molar refractivity (Wildman–Crippen MR) is 62.6 cm³/mol. The van der Waals surface area contributed by atoms with Gasteiger partial charge in [0, 0.05) is 38.1 Å². The summed E-state index contributed by atoms with van der Waals surface area (Å²) in [5.41, 5.74) is 2.19. The molecule has 2 aliphatic heterocycles. The third-order valence-electron chi connectivity index (χ3n) is 3.85. The fourth-order valence-corrected chi connectivity index (χ4v) is 2.88. The van der Waals surface area contributed by atoms with Gasteiger partial charge in [-0.3, -0.25) is 20.0 Å². The molecule has 0 spiro atoms. The van der Waals surface area contributed by atoms with E-state index < -0.39 is 0 Å². The summed E-state index contributed by atoms with van der Waals surface area (Å²) < 4.78 is 0. The highest BCUT2D eigenvalue weighted by atomic mass is 16.2. The lowest BCUT2D eigenvalue weighted by Gasteiger charge is -2.42. The average Bonchev–Trinajstić information content (AvgIpc) is 2.72. The van der Waals surface area contributed by atoms with E-state index in [1.54, 1.807) is 0 Å². The number of nitrogens with one attached hydrogen (secondary N) is 1. The number of piperazine rings is 1. The number of carbonyl (C=O) groups is 1. The summed E-state index contributed by atoms with van der Waals surface area (Å²) in [6.07, 6.45) is 3.15. The van der Waals surface area contributed by atoms with Crippen molar-refractivity contribution in [3.63, 3.8) is 0 Å². The number of amides is 1. The second-order valence-electron chi connectivity index (χ2n) is 4.95. The minimum atomic E-state index is -0.0685. The highest BCUT2D eigenvalue weighted by Crippen LogP contribution is 2.24. The minimum Gasteiger partial charge on any atom is -0.298 e. The summed E-state index contributed by atoms with van der Waals surface area (Å²) in [6.45, 7) is 6.59. The van der Waals surface area contributed by atoms with E-state index in [9.17, 15) is 4.79 Å². The number of fused-ring (bicyclic) bond motifs is 1. The largest absolute Gasteiger partial charge is 0.298 e. The number of hydrazine groups is 1. The molecule has 0 aliphatic carbocycles. The Morgan fingerprint density at radius 3 is 3.06 bits per heavy atom. The van der Waals surface area contributed by atoms with E-state index in [4.69, 9.17) is 5.84 Å². The summed E-state index contributed by atoms with van der Waals surface area (Å²) in [6, 6.07) is 1.28. The summed E-state index contributed by atoms with van der Waals surface area (Å²) in [7, 11) is 0. The molecule has 2 heterocycles. The van der Waals surface area contributed by atoms with Gasteiger partial charge in [-0.15, -0.1) is 0 Å². The molecule has 0 saturated carbocycles. The van der Waals surface area contributed by atoms with Gasteiger partial charge in [-0.1, -0.05) is 0 Å². The van der Waals surface area contributed by atoms with Gasteiger partial charge in [0.05, 0.1) is 0 Å². The van der Waals surface area contributed by atoms with Crippen molar-refractivity contribution in [1.82, 2.24) is 15.2 Å². The first kappa shape index (κ1) is 11.8. The van der Waals surface area contributed by atoms with Gasteiger partial charge in [-0.25, -0.2) is 5.84 Å². The summed E-state index contributed by atoms with van der Waals surface area (Å²) in [5, 5.41) is 0. The highest BCUT2D eigenvalue weighted by molar-refractivity contribution is 5.75. The normalized spacial score (nSPS) is 31.4. The smallest absolute Gasteiger partial charge is 0.235 e.